The molecule has 0 aromatic heterocycles. The summed E-state index contributed by atoms with van der Waals surface area (Å²) in [6, 6.07) is 0. The number of halogens is 1. The summed E-state index contributed by atoms with van der Waals surface area (Å²) in [4.78, 5) is 4.47. The minimum Gasteiger partial charge on any atom is -0.316 e. The highest BCUT2D eigenvalue weighted by Crippen LogP contribution is 2.50. The van der Waals surface area contributed by atoms with Gasteiger partial charge in [0.15, 0.2) is 6.17 Å². The van der Waals surface area contributed by atoms with E-state index in [2.05, 4.69) is 21.2 Å². The van der Waals surface area contributed by atoms with Gasteiger partial charge in [0.25, 0.3) is 0 Å². The van der Waals surface area contributed by atoms with E-state index in [1.54, 1.807) is 0 Å². The summed E-state index contributed by atoms with van der Waals surface area (Å²) in [6.45, 7) is 2.31. The van der Waals surface area contributed by atoms with Crippen molar-refractivity contribution in [2.75, 3.05) is 13.1 Å². The molecule has 3 fully saturated rings. The van der Waals surface area contributed by atoms with Crippen molar-refractivity contribution in [1.82, 2.24) is 16.2 Å². The Morgan fingerprint density at radius 3 is 2.56 bits per heavy atom. The Morgan fingerprint density at radius 2 is 2.00 bits per heavy atom. The molecule has 4 aliphatic rings. The van der Waals surface area contributed by atoms with Crippen molar-refractivity contribution in [2.45, 2.75) is 37.5 Å². The first-order chi connectivity index (χ1) is 7.69. The second kappa shape index (κ2) is 2.76. The molecule has 1 atom stereocenters. The predicted octanol–water partition coefficient (Wildman–Crippen LogP) is 0.320. The van der Waals surface area contributed by atoms with Crippen LogP contribution in [-0.4, -0.2) is 30.8 Å². The molecule has 2 aliphatic carbocycles. The van der Waals surface area contributed by atoms with Crippen LogP contribution in [0, 0.1) is 11.3 Å². The first-order valence-electron chi connectivity index (χ1n) is 6.18. The van der Waals surface area contributed by atoms with Crippen molar-refractivity contribution in [2.24, 2.45) is 16.3 Å². The van der Waals surface area contributed by atoms with Gasteiger partial charge in [-0.3, -0.25) is 0 Å². The average Bonchev–Trinajstić information content (AvgIpc) is 2.72. The fraction of sp³-hybridized carbons (Fsp3) is 0.909. The number of hydrazine groups is 1. The van der Waals surface area contributed by atoms with Gasteiger partial charge in [-0.15, -0.1) is 0 Å². The van der Waals surface area contributed by atoms with Gasteiger partial charge < -0.3 is 10.7 Å². The van der Waals surface area contributed by atoms with Gasteiger partial charge in [0.05, 0.1) is 0 Å². The van der Waals surface area contributed by atoms with Crippen LogP contribution in [0.15, 0.2) is 4.99 Å². The zero-order valence-corrected chi connectivity index (χ0v) is 9.22. The Bertz CT molecular complexity index is 351. The Labute approximate surface area is 94.0 Å². The third-order valence-corrected chi connectivity index (χ3v) is 4.57. The Balaban J connectivity index is 1.42. The summed E-state index contributed by atoms with van der Waals surface area (Å²) in [5.74, 6) is 1.52. The van der Waals surface area contributed by atoms with Crippen LogP contribution in [0.4, 0.5) is 4.39 Å². The van der Waals surface area contributed by atoms with Crippen molar-refractivity contribution in [3.63, 3.8) is 0 Å². The van der Waals surface area contributed by atoms with E-state index in [1.165, 1.54) is 12.8 Å². The number of nitrogens with one attached hydrogen (secondary N) is 3. The molecular formula is C11H17FN4. The first-order valence-corrected chi connectivity index (χ1v) is 6.18. The van der Waals surface area contributed by atoms with E-state index >= 15 is 0 Å². The molecule has 0 bridgehead atoms. The van der Waals surface area contributed by atoms with E-state index in [4.69, 9.17) is 0 Å². The van der Waals surface area contributed by atoms with E-state index in [9.17, 15) is 4.39 Å². The lowest BCUT2D eigenvalue weighted by atomic mass is 9.58. The van der Waals surface area contributed by atoms with E-state index in [1.807, 2.05) is 0 Å². The van der Waals surface area contributed by atoms with Crippen LogP contribution in [0.2, 0.25) is 0 Å². The van der Waals surface area contributed by atoms with E-state index in [-0.39, 0.29) is 6.17 Å². The lowest BCUT2D eigenvalue weighted by Gasteiger charge is -2.54. The monoisotopic (exact) mass is 224 g/mol. The first kappa shape index (κ1) is 9.36. The van der Waals surface area contributed by atoms with Crippen molar-refractivity contribution in [3.05, 3.63) is 0 Å². The fourth-order valence-corrected chi connectivity index (χ4v) is 3.14. The van der Waals surface area contributed by atoms with Crippen molar-refractivity contribution in [1.29, 1.82) is 0 Å². The molecule has 1 spiro atoms. The Morgan fingerprint density at radius 1 is 1.25 bits per heavy atom. The molecule has 2 aliphatic heterocycles. The zero-order chi connectivity index (χ0) is 10.8. The maximum absolute atomic E-state index is 13.8. The van der Waals surface area contributed by atoms with Crippen molar-refractivity contribution >= 4 is 5.84 Å². The summed E-state index contributed by atoms with van der Waals surface area (Å²) < 4.78 is 13.8. The molecule has 5 heteroatoms. The number of rotatable bonds is 2. The van der Waals surface area contributed by atoms with E-state index in [0.717, 1.165) is 18.9 Å². The molecule has 1 unspecified atom stereocenters. The second-order valence-electron chi connectivity index (χ2n) is 5.93. The molecule has 2 heterocycles. The van der Waals surface area contributed by atoms with Crippen LogP contribution in [0.3, 0.4) is 0 Å². The Kier molecular flexibility index (Phi) is 1.62. The fourth-order valence-electron chi connectivity index (χ4n) is 3.14. The molecule has 0 amide bonds. The van der Waals surface area contributed by atoms with Crippen molar-refractivity contribution < 1.29 is 4.39 Å². The number of aliphatic imine (C=N–C) groups is 1. The van der Waals surface area contributed by atoms with Crippen LogP contribution in [0.1, 0.15) is 25.7 Å². The average molecular weight is 224 g/mol. The lowest BCUT2D eigenvalue weighted by molar-refractivity contribution is 0.0296. The lowest BCUT2D eigenvalue weighted by Crippen LogP contribution is -2.62. The van der Waals surface area contributed by atoms with E-state index in [0.29, 0.717) is 24.2 Å². The summed E-state index contributed by atoms with van der Waals surface area (Å²) in [6.07, 6.45) is 3.39. The standard InChI is InChI=1S/C11H17FN4/c12-11(1-2-11)9-14-8(15-16-9)7-3-10(4-7)5-13-6-10/h7,9,13,16H,1-6H2,(H,14,15). The smallest absolute Gasteiger partial charge is 0.152 e. The molecule has 1 saturated heterocycles. The third kappa shape index (κ3) is 1.18. The number of amidine groups is 1. The van der Waals surface area contributed by atoms with Gasteiger partial charge in [0, 0.05) is 19.0 Å². The summed E-state index contributed by atoms with van der Waals surface area (Å²) in [7, 11) is 0. The van der Waals surface area contributed by atoms with Gasteiger partial charge in [0.1, 0.15) is 11.5 Å². The topological polar surface area (TPSA) is 48.5 Å². The molecule has 2 saturated carbocycles. The SMILES string of the molecule is FC1(C2N=C(C3CC4(CNC4)C3)NN2)CC1. The maximum atomic E-state index is 13.8. The molecular weight excluding hydrogens is 207 g/mol. The van der Waals surface area contributed by atoms with Gasteiger partial charge in [-0.05, 0) is 31.1 Å². The molecule has 88 valence electrons. The molecule has 0 aromatic rings. The quantitative estimate of drug-likeness (QED) is 0.633. The van der Waals surface area contributed by atoms with E-state index < -0.39 is 5.67 Å². The second-order valence-corrected chi connectivity index (χ2v) is 5.93. The third-order valence-electron chi connectivity index (χ3n) is 4.57. The normalized spacial score (nSPS) is 38.6. The molecule has 16 heavy (non-hydrogen) atoms. The van der Waals surface area contributed by atoms with Crippen molar-refractivity contribution in [3.8, 4) is 0 Å². The molecule has 0 radical (unpaired) electrons. The van der Waals surface area contributed by atoms with Gasteiger partial charge >= 0.3 is 0 Å². The summed E-state index contributed by atoms with van der Waals surface area (Å²) >= 11 is 0. The van der Waals surface area contributed by atoms with Gasteiger partial charge in [-0.2, -0.15) is 0 Å². The highest BCUT2D eigenvalue weighted by atomic mass is 19.1. The minimum atomic E-state index is -1.06. The maximum Gasteiger partial charge on any atom is 0.152 e. The van der Waals surface area contributed by atoms with Crippen LogP contribution < -0.4 is 16.2 Å². The summed E-state index contributed by atoms with van der Waals surface area (Å²) in [5.41, 5.74) is 5.55. The number of hydrogen-bond donors (Lipinski definition) is 3. The number of hydrogen-bond acceptors (Lipinski definition) is 4. The predicted molar refractivity (Wildman–Crippen MR) is 58.6 cm³/mol. The largest absolute Gasteiger partial charge is 0.316 e. The highest BCUT2D eigenvalue weighted by molar-refractivity contribution is 5.86. The number of nitrogens with zero attached hydrogens (tertiary/aromatic N) is 1. The van der Waals surface area contributed by atoms with Crippen LogP contribution in [-0.2, 0) is 0 Å². The molecule has 0 aromatic carbocycles. The van der Waals surface area contributed by atoms with Gasteiger partial charge in [-0.1, -0.05) is 0 Å². The molecule has 4 nitrogen and oxygen atoms in total. The molecule has 4 rings (SSSR count). The van der Waals surface area contributed by atoms with Crippen LogP contribution in [0.25, 0.3) is 0 Å². The van der Waals surface area contributed by atoms with Crippen LogP contribution >= 0.6 is 0 Å². The number of alkyl halides is 1. The minimum absolute atomic E-state index is 0.335. The van der Waals surface area contributed by atoms with Gasteiger partial charge in [0.2, 0.25) is 0 Å². The molecule has 3 N–H and O–H groups in total. The highest BCUT2D eigenvalue weighted by Gasteiger charge is 2.55. The van der Waals surface area contributed by atoms with Crippen LogP contribution in [0.5, 0.6) is 0 Å². The Hall–Kier alpha value is -0.680. The zero-order valence-electron chi connectivity index (χ0n) is 9.22. The summed E-state index contributed by atoms with van der Waals surface area (Å²) in [5, 5.41) is 3.32. The van der Waals surface area contributed by atoms with Gasteiger partial charge in [-0.25, -0.2) is 14.8 Å².